The number of rotatable bonds is 6. The quantitative estimate of drug-likeness (QED) is 0.218. The summed E-state index contributed by atoms with van der Waals surface area (Å²) in [6.07, 6.45) is 4.46. The molecule has 0 bridgehead atoms. The van der Waals surface area contributed by atoms with Crippen LogP contribution in [-0.2, 0) is 4.79 Å². The minimum atomic E-state index is -0.610. The largest absolute Gasteiger partial charge is 0.508 e. The molecule has 0 aliphatic rings. The Morgan fingerprint density at radius 3 is 2.50 bits per heavy atom. The number of halogens is 2. The van der Waals surface area contributed by atoms with Gasteiger partial charge in [0.05, 0.1) is 17.8 Å². The molecular formula is C23H17Cl2NO4. The Hall–Kier alpha value is -3.28. The maximum atomic E-state index is 12.2. The van der Waals surface area contributed by atoms with E-state index in [9.17, 15) is 9.90 Å². The van der Waals surface area contributed by atoms with Crippen molar-refractivity contribution in [2.24, 2.45) is 4.99 Å². The summed E-state index contributed by atoms with van der Waals surface area (Å²) in [6, 6.07) is 16.8. The number of carbonyl (C=O) groups is 1. The van der Waals surface area contributed by atoms with Crippen molar-refractivity contribution in [1.29, 1.82) is 0 Å². The van der Waals surface area contributed by atoms with Crippen LogP contribution in [0.15, 0.2) is 71.7 Å². The average Bonchev–Trinajstić information content (AvgIpc) is 2.73. The SMILES string of the molecule is COc1cc(C=Nc2ccc(O)cc2)cc(Cl)c1OC(=O)C=Cc1cccc(Cl)c1. The molecule has 0 radical (unpaired) electrons. The van der Waals surface area contributed by atoms with E-state index in [-0.39, 0.29) is 16.5 Å². The molecule has 30 heavy (non-hydrogen) atoms. The number of aromatic hydroxyl groups is 1. The summed E-state index contributed by atoms with van der Waals surface area (Å²) in [5, 5.41) is 10.1. The highest BCUT2D eigenvalue weighted by atomic mass is 35.5. The normalized spacial score (nSPS) is 11.2. The van der Waals surface area contributed by atoms with Crippen molar-refractivity contribution in [2.75, 3.05) is 7.11 Å². The molecule has 3 aromatic rings. The fourth-order valence-electron chi connectivity index (χ4n) is 2.51. The smallest absolute Gasteiger partial charge is 0.336 e. The van der Waals surface area contributed by atoms with Crippen LogP contribution in [-0.4, -0.2) is 24.4 Å². The first-order chi connectivity index (χ1) is 14.4. The van der Waals surface area contributed by atoms with Crippen LogP contribution in [0, 0.1) is 0 Å². The monoisotopic (exact) mass is 441 g/mol. The van der Waals surface area contributed by atoms with Crippen LogP contribution in [0.2, 0.25) is 10.0 Å². The summed E-state index contributed by atoms with van der Waals surface area (Å²) in [6.45, 7) is 0. The van der Waals surface area contributed by atoms with Crippen LogP contribution in [0.1, 0.15) is 11.1 Å². The number of aliphatic imine (C=N–C) groups is 1. The highest BCUT2D eigenvalue weighted by molar-refractivity contribution is 6.32. The van der Waals surface area contributed by atoms with Crippen molar-refractivity contribution in [3.63, 3.8) is 0 Å². The molecule has 0 fully saturated rings. The summed E-state index contributed by atoms with van der Waals surface area (Å²) in [5.41, 5.74) is 2.07. The second-order valence-electron chi connectivity index (χ2n) is 6.12. The third kappa shape index (κ3) is 5.86. The lowest BCUT2D eigenvalue weighted by molar-refractivity contribution is -0.129. The van der Waals surface area contributed by atoms with E-state index in [1.165, 1.54) is 13.2 Å². The molecule has 7 heteroatoms. The van der Waals surface area contributed by atoms with Gasteiger partial charge >= 0.3 is 5.97 Å². The molecule has 0 saturated carbocycles. The van der Waals surface area contributed by atoms with E-state index in [1.54, 1.807) is 66.9 Å². The van der Waals surface area contributed by atoms with Gasteiger partial charge in [-0.05, 0) is 65.7 Å². The molecule has 0 saturated heterocycles. The Morgan fingerprint density at radius 1 is 1.03 bits per heavy atom. The molecule has 3 rings (SSSR count). The first-order valence-electron chi connectivity index (χ1n) is 8.80. The molecule has 0 spiro atoms. The predicted octanol–water partition coefficient (Wildman–Crippen LogP) is 6.08. The number of phenols is 1. The van der Waals surface area contributed by atoms with Gasteiger partial charge in [-0.25, -0.2) is 4.79 Å². The lowest BCUT2D eigenvalue weighted by Crippen LogP contribution is -2.06. The number of esters is 1. The molecule has 0 unspecified atom stereocenters. The zero-order valence-electron chi connectivity index (χ0n) is 15.9. The topological polar surface area (TPSA) is 68.1 Å². The van der Waals surface area contributed by atoms with Crippen molar-refractivity contribution in [2.45, 2.75) is 0 Å². The minimum absolute atomic E-state index is 0.113. The fraction of sp³-hybridized carbons (Fsp3) is 0.0435. The maximum Gasteiger partial charge on any atom is 0.336 e. The zero-order valence-corrected chi connectivity index (χ0v) is 17.4. The maximum absolute atomic E-state index is 12.2. The van der Waals surface area contributed by atoms with Crippen LogP contribution < -0.4 is 9.47 Å². The van der Waals surface area contributed by atoms with Crippen LogP contribution in [0.25, 0.3) is 6.08 Å². The molecule has 0 aromatic heterocycles. The molecular weight excluding hydrogens is 425 g/mol. The van der Waals surface area contributed by atoms with E-state index in [2.05, 4.69) is 4.99 Å². The van der Waals surface area contributed by atoms with Crippen LogP contribution in [0.5, 0.6) is 17.2 Å². The van der Waals surface area contributed by atoms with Crippen molar-refractivity contribution in [3.8, 4) is 17.2 Å². The van der Waals surface area contributed by atoms with Crippen LogP contribution in [0.4, 0.5) is 5.69 Å². The van der Waals surface area contributed by atoms with Crippen LogP contribution in [0.3, 0.4) is 0 Å². The van der Waals surface area contributed by atoms with Gasteiger partial charge in [-0.2, -0.15) is 0 Å². The van der Waals surface area contributed by atoms with Crippen LogP contribution >= 0.6 is 23.2 Å². The standard InChI is InChI=1S/C23H17Cl2NO4/c1-29-21-13-16(14-26-18-6-8-19(27)9-7-18)12-20(25)23(21)30-22(28)10-5-15-3-2-4-17(24)11-15/h2-14,27H,1H3. The highest BCUT2D eigenvalue weighted by Crippen LogP contribution is 2.36. The van der Waals surface area contributed by atoms with Crippen molar-refractivity contribution in [1.82, 2.24) is 0 Å². The molecule has 5 nitrogen and oxygen atoms in total. The van der Waals surface area contributed by atoms with E-state index in [0.29, 0.717) is 22.0 Å². The number of carbonyl (C=O) groups excluding carboxylic acids is 1. The lowest BCUT2D eigenvalue weighted by Gasteiger charge is -2.11. The van der Waals surface area contributed by atoms with Gasteiger partial charge in [0.25, 0.3) is 0 Å². The first-order valence-corrected chi connectivity index (χ1v) is 9.56. The Balaban J connectivity index is 1.76. The number of nitrogens with zero attached hydrogens (tertiary/aromatic N) is 1. The van der Waals surface area contributed by atoms with E-state index < -0.39 is 5.97 Å². The molecule has 152 valence electrons. The Bertz CT molecular complexity index is 1110. The molecule has 0 amide bonds. The van der Waals surface area contributed by atoms with E-state index in [4.69, 9.17) is 32.7 Å². The Morgan fingerprint density at radius 2 is 1.80 bits per heavy atom. The predicted molar refractivity (Wildman–Crippen MR) is 119 cm³/mol. The third-order valence-electron chi connectivity index (χ3n) is 3.93. The van der Waals surface area contributed by atoms with Gasteiger partial charge in [0.1, 0.15) is 5.75 Å². The number of ether oxygens (including phenoxy) is 2. The van der Waals surface area contributed by atoms with E-state index in [1.807, 2.05) is 6.07 Å². The zero-order chi connectivity index (χ0) is 21.5. The molecule has 0 aliphatic carbocycles. The lowest BCUT2D eigenvalue weighted by atomic mass is 10.2. The van der Waals surface area contributed by atoms with Gasteiger partial charge in [-0.1, -0.05) is 35.3 Å². The molecule has 1 N–H and O–H groups in total. The fourth-order valence-corrected chi connectivity index (χ4v) is 2.97. The summed E-state index contributed by atoms with van der Waals surface area (Å²) < 4.78 is 10.7. The average molecular weight is 442 g/mol. The number of hydrogen-bond donors (Lipinski definition) is 1. The van der Waals surface area contributed by atoms with Crippen molar-refractivity contribution in [3.05, 3.63) is 87.9 Å². The van der Waals surface area contributed by atoms with Gasteiger partial charge in [-0.3, -0.25) is 4.99 Å². The first kappa shape index (κ1) is 21.4. The summed E-state index contributed by atoms with van der Waals surface area (Å²) in [5.74, 6) is -0.0456. The van der Waals surface area contributed by atoms with E-state index in [0.717, 1.165) is 5.56 Å². The number of hydrogen-bond acceptors (Lipinski definition) is 5. The second kappa shape index (κ2) is 9.96. The Kier molecular flexibility index (Phi) is 7.12. The molecule has 0 aliphatic heterocycles. The third-order valence-corrected chi connectivity index (χ3v) is 4.44. The van der Waals surface area contributed by atoms with Gasteiger partial charge in [0.15, 0.2) is 11.5 Å². The van der Waals surface area contributed by atoms with Crippen molar-refractivity contribution < 1.29 is 19.4 Å². The minimum Gasteiger partial charge on any atom is -0.508 e. The Labute approximate surface area is 183 Å². The van der Waals surface area contributed by atoms with Gasteiger partial charge in [-0.15, -0.1) is 0 Å². The van der Waals surface area contributed by atoms with Crippen molar-refractivity contribution >= 4 is 47.1 Å². The van der Waals surface area contributed by atoms with Gasteiger partial charge in [0.2, 0.25) is 0 Å². The highest BCUT2D eigenvalue weighted by Gasteiger charge is 2.14. The second-order valence-corrected chi connectivity index (χ2v) is 6.96. The number of methoxy groups -OCH3 is 1. The van der Waals surface area contributed by atoms with Gasteiger partial charge in [0, 0.05) is 17.3 Å². The molecule has 3 aromatic carbocycles. The number of benzene rings is 3. The summed E-state index contributed by atoms with van der Waals surface area (Å²) in [4.78, 5) is 16.5. The van der Waals surface area contributed by atoms with E-state index >= 15 is 0 Å². The number of phenolic OH excluding ortho intramolecular Hbond substituents is 1. The van der Waals surface area contributed by atoms with Gasteiger partial charge < -0.3 is 14.6 Å². The molecule has 0 atom stereocenters. The summed E-state index contributed by atoms with van der Waals surface area (Å²) >= 11 is 12.2. The summed E-state index contributed by atoms with van der Waals surface area (Å²) in [7, 11) is 1.45. The molecule has 0 heterocycles.